The summed E-state index contributed by atoms with van der Waals surface area (Å²) in [6, 6.07) is -2.16. The van der Waals surface area contributed by atoms with E-state index in [1.54, 1.807) is 0 Å². The second-order valence-electron chi connectivity index (χ2n) is 4.27. The van der Waals surface area contributed by atoms with Crippen molar-refractivity contribution in [2.24, 2.45) is 5.73 Å². The number of hydrogen-bond donors (Lipinski definition) is 4. The van der Waals surface area contributed by atoms with Crippen LogP contribution >= 0.6 is 0 Å². The van der Waals surface area contributed by atoms with Gasteiger partial charge < -0.3 is 26.0 Å². The molecular weight excluding hydrogens is 244 g/mol. The van der Waals surface area contributed by atoms with Gasteiger partial charge in [-0.3, -0.25) is 9.59 Å². The van der Waals surface area contributed by atoms with Crippen LogP contribution in [0.15, 0.2) is 0 Å². The number of carbonyl (C=O) groups excluding carboxylic acids is 1. The summed E-state index contributed by atoms with van der Waals surface area (Å²) >= 11 is 0. The van der Waals surface area contributed by atoms with E-state index < -0.39 is 36.0 Å². The van der Waals surface area contributed by atoms with Crippen LogP contribution < -0.4 is 5.73 Å². The highest BCUT2D eigenvalue weighted by molar-refractivity contribution is 5.87. The van der Waals surface area contributed by atoms with Crippen molar-refractivity contribution in [2.75, 3.05) is 6.54 Å². The first-order valence-electron chi connectivity index (χ1n) is 5.51. The van der Waals surface area contributed by atoms with Crippen LogP contribution in [0.3, 0.4) is 0 Å². The Morgan fingerprint density at radius 2 is 1.94 bits per heavy atom. The van der Waals surface area contributed by atoms with Gasteiger partial charge >= 0.3 is 11.9 Å². The number of nitrogens with zero attached hydrogens (tertiary/aromatic N) is 1. The van der Waals surface area contributed by atoms with Crippen LogP contribution in [0.4, 0.5) is 0 Å². The SMILES string of the molecule is NC(CCC(=O)O)C(=O)N1CC(O)C[C@H]1C(=O)O. The zero-order valence-corrected chi connectivity index (χ0v) is 9.65. The van der Waals surface area contributed by atoms with Gasteiger partial charge in [-0.1, -0.05) is 0 Å². The van der Waals surface area contributed by atoms with Crippen LogP contribution in [0.5, 0.6) is 0 Å². The lowest BCUT2D eigenvalue weighted by Gasteiger charge is -2.24. The van der Waals surface area contributed by atoms with Crippen molar-refractivity contribution in [1.29, 1.82) is 0 Å². The molecule has 1 aliphatic rings. The van der Waals surface area contributed by atoms with Crippen molar-refractivity contribution in [1.82, 2.24) is 4.90 Å². The number of β-amino-alcohol motifs (C(OH)–C–C–N with tert-alkyl or cyclic N) is 1. The number of hydrogen-bond acceptors (Lipinski definition) is 5. The van der Waals surface area contributed by atoms with Crippen molar-refractivity contribution < 1.29 is 29.7 Å². The standard InChI is InChI=1S/C10H16N2O6/c11-6(1-2-8(14)15)9(16)12-4-5(13)3-7(12)10(17)18/h5-7,13H,1-4,11H2,(H,14,15)(H,17,18)/t5?,6?,7-/m0/s1. The summed E-state index contributed by atoms with van der Waals surface area (Å²) in [5.41, 5.74) is 5.52. The number of carboxylic acid groups (broad SMARTS) is 2. The van der Waals surface area contributed by atoms with Gasteiger partial charge in [0.15, 0.2) is 0 Å². The minimum absolute atomic E-state index is 0.0350. The van der Waals surface area contributed by atoms with Crippen molar-refractivity contribution in [2.45, 2.75) is 37.5 Å². The molecule has 3 atom stereocenters. The molecule has 0 bridgehead atoms. The number of rotatable bonds is 5. The largest absolute Gasteiger partial charge is 0.481 e. The maximum atomic E-state index is 11.9. The molecule has 1 saturated heterocycles. The summed E-state index contributed by atoms with van der Waals surface area (Å²) in [6.07, 6.45) is -1.25. The van der Waals surface area contributed by atoms with Gasteiger partial charge in [0.1, 0.15) is 6.04 Å². The fourth-order valence-electron chi connectivity index (χ4n) is 1.91. The third-order valence-corrected chi connectivity index (χ3v) is 2.83. The molecule has 0 aromatic carbocycles. The lowest BCUT2D eigenvalue weighted by molar-refractivity contribution is -0.149. The molecule has 8 nitrogen and oxygen atoms in total. The van der Waals surface area contributed by atoms with E-state index in [9.17, 15) is 19.5 Å². The molecule has 0 aromatic rings. The topological polar surface area (TPSA) is 141 Å². The van der Waals surface area contributed by atoms with Gasteiger partial charge in [0.2, 0.25) is 5.91 Å². The maximum Gasteiger partial charge on any atom is 0.326 e. The summed E-state index contributed by atoms with van der Waals surface area (Å²) in [5, 5.41) is 26.8. The molecule has 1 aliphatic heterocycles. The average molecular weight is 260 g/mol. The quantitative estimate of drug-likeness (QED) is 0.458. The number of aliphatic hydroxyl groups is 1. The highest BCUT2D eigenvalue weighted by atomic mass is 16.4. The Hall–Kier alpha value is -1.67. The molecule has 1 fully saturated rings. The van der Waals surface area contributed by atoms with E-state index in [0.717, 1.165) is 4.90 Å². The summed E-state index contributed by atoms with van der Waals surface area (Å²) < 4.78 is 0. The number of aliphatic carboxylic acids is 2. The number of carbonyl (C=O) groups is 3. The number of nitrogens with two attached hydrogens (primary N) is 1. The number of carboxylic acids is 2. The number of likely N-dealkylation sites (tertiary alicyclic amines) is 1. The van der Waals surface area contributed by atoms with Crippen LogP contribution in [0.2, 0.25) is 0 Å². The molecule has 0 aromatic heterocycles. The Kier molecular flexibility index (Phi) is 4.62. The first-order valence-corrected chi connectivity index (χ1v) is 5.51. The molecule has 0 spiro atoms. The third-order valence-electron chi connectivity index (χ3n) is 2.83. The van der Waals surface area contributed by atoms with E-state index in [1.165, 1.54) is 0 Å². The van der Waals surface area contributed by atoms with Crippen molar-refractivity contribution >= 4 is 17.8 Å². The fraction of sp³-hybridized carbons (Fsp3) is 0.700. The number of aliphatic hydroxyl groups excluding tert-OH is 1. The third kappa shape index (κ3) is 3.41. The van der Waals surface area contributed by atoms with Gasteiger partial charge in [0.05, 0.1) is 12.1 Å². The Balaban J connectivity index is 2.64. The average Bonchev–Trinajstić information content (AvgIpc) is 2.67. The first-order chi connectivity index (χ1) is 8.32. The predicted molar refractivity (Wildman–Crippen MR) is 58.6 cm³/mol. The van der Waals surface area contributed by atoms with Crippen LogP contribution in [-0.2, 0) is 14.4 Å². The molecule has 5 N–H and O–H groups in total. The summed E-state index contributed by atoms with van der Waals surface area (Å²) in [6.45, 7) is -0.0867. The second kappa shape index (κ2) is 5.78. The minimum Gasteiger partial charge on any atom is -0.481 e. The van der Waals surface area contributed by atoms with Gasteiger partial charge in [0, 0.05) is 19.4 Å². The second-order valence-corrected chi connectivity index (χ2v) is 4.27. The summed E-state index contributed by atoms with van der Waals surface area (Å²) in [5.74, 6) is -2.92. The molecule has 0 saturated carbocycles. The zero-order chi connectivity index (χ0) is 13.9. The smallest absolute Gasteiger partial charge is 0.326 e. The van der Waals surface area contributed by atoms with E-state index in [0.29, 0.717) is 0 Å². The molecule has 2 unspecified atom stereocenters. The van der Waals surface area contributed by atoms with Crippen LogP contribution in [0, 0.1) is 0 Å². The molecule has 0 radical (unpaired) electrons. The monoisotopic (exact) mass is 260 g/mol. The van der Waals surface area contributed by atoms with E-state index in [-0.39, 0.29) is 25.8 Å². The lowest BCUT2D eigenvalue weighted by Crippen LogP contribution is -2.48. The van der Waals surface area contributed by atoms with E-state index in [4.69, 9.17) is 15.9 Å². The van der Waals surface area contributed by atoms with Crippen molar-refractivity contribution in [3.63, 3.8) is 0 Å². The molecule has 18 heavy (non-hydrogen) atoms. The Bertz CT molecular complexity index is 358. The van der Waals surface area contributed by atoms with E-state index >= 15 is 0 Å². The normalized spacial score (nSPS) is 24.9. The predicted octanol–water partition coefficient (Wildman–Crippen LogP) is -1.78. The van der Waals surface area contributed by atoms with Crippen molar-refractivity contribution in [3.05, 3.63) is 0 Å². The Morgan fingerprint density at radius 1 is 1.33 bits per heavy atom. The molecule has 102 valence electrons. The Morgan fingerprint density at radius 3 is 2.44 bits per heavy atom. The summed E-state index contributed by atoms with van der Waals surface area (Å²) in [4.78, 5) is 34.1. The molecular formula is C10H16N2O6. The fourth-order valence-corrected chi connectivity index (χ4v) is 1.91. The van der Waals surface area contributed by atoms with E-state index in [1.807, 2.05) is 0 Å². The van der Waals surface area contributed by atoms with Gasteiger partial charge in [0.25, 0.3) is 0 Å². The molecule has 0 aliphatic carbocycles. The van der Waals surface area contributed by atoms with Crippen LogP contribution in [0.1, 0.15) is 19.3 Å². The molecule has 1 heterocycles. The van der Waals surface area contributed by atoms with Gasteiger partial charge in [-0.15, -0.1) is 0 Å². The van der Waals surface area contributed by atoms with E-state index in [2.05, 4.69) is 0 Å². The highest BCUT2D eigenvalue weighted by Gasteiger charge is 2.40. The van der Waals surface area contributed by atoms with Crippen LogP contribution in [-0.4, -0.2) is 62.8 Å². The van der Waals surface area contributed by atoms with Gasteiger partial charge in [-0.25, -0.2) is 4.79 Å². The van der Waals surface area contributed by atoms with Crippen LogP contribution in [0.25, 0.3) is 0 Å². The summed E-state index contributed by atoms with van der Waals surface area (Å²) in [7, 11) is 0. The first kappa shape index (κ1) is 14.4. The molecule has 1 rings (SSSR count). The highest BCUT2D eigenvalue weighted by Crippen LogP contribution is 2.19. The minimum atomic E-state index is -1.20. The lowest BCUT2D eigenvalue weighted by atomic mass is 10.1. The number of amides is 1. The van der Waals surface area contributed by atoms with Crippen molar-refractivity contribution in [3.8, 4) is 0 Å². The maximum absolute atomic E-state index is 11.9. The molecule has 8 heteroatoms. The zero-order valence-electron chi connectivity index (χ0n) is 9.65. The Labute approximate surface area is 103 Å². The van der Waals surface area contributed by atoms with Gasteiger partial charge in [-0.05, 0) is 6.42 Å². The molecule has 1 amide bonds. The van der Waals surface area contributed by atoms with Gasteiger partial charge in [-0.2, -0.15) is 0 Å².